The molecule has 120 valence electrons. The number of benzene rings is 1. The number of rotatable bonds is 4. The summed E-state index contributed by atoms with van der Waals surface area (Å²) in [6, 6.07) is 7.65. The maximum atomic E-state index is 11.4. The van der Waals surface area contributed by atoms with Gasteiger partial charge in [-0.05, 0) is 30.0 Å². The molecule has 2 N–H and O–H groups in total. The molecule has 0 aliphatic carbocycles. The number of thioether (sulfide) groups is 1. The summed E-state index contributed by atoms with van der Waals surface area (Å²) in [4.78, 5) is 17.7. The smallest absolute Gasteiger partial charge is 0.352 e. The minimum atomic E-state index is -1.01. The number of fused-ring (bicyclic) bond motifs is 1. The predicted molar refractivity (Wildman–Crippen MR) is 90.1 cm³/mol. The molecule has 0 radical (unpaired) electrons. The van der Waals surface area contributed by atoms with Gasteiger partial charge in [-0.1, -0.05) is 23.9 Å². The van der Waals surface area contributed by atoms with Crippen LogP contribution in [0.4, 0.5) is 11.6 Å². The topological polar surface area (TPSA) is 83.3 Å². The maximum Gasteiger partial charge on any atom is 0.352 e. The average molecular weight is 331 g/mol. The average Bonchev–Trinajstić information content (AvgIpc) is 2.97. The summed E-state index contributed by atoms with van der Waals surface area (Å²) in [7, 11) is 3.95. The van der Waals surface area contributed by atoms with Crippen molar-refractivity contribution in [2.75, 3.05) is 30.6 Å². The molecule has 0 fully saturated rings. The predicted octanol–water partition coefficient (Wildman–Crippen LogP) is 2.05. The van der Waals surface area contributed by atoms with Gasteiger partial charge >= 0.3 is 5.97 Å². The van der Waals surface area contributed by atoms with Gasteiger partial charge in [0.2, 0.25) is 11.1 Å². The fraction of sp³-hybridized carbons (Fsp3) is 0.267. The summed E-state index contributed by atoms with van der Waals surface area (Å²) >= 11 is 1.42. The third kappa shape index (κ3) is 2.89. The number of hydrogen-bond acceptors (Lipinski definition) is 6. The highest BCUT2D eigenvalue weighted by Crippen LogP contribution is 2.31. The van der Waals surface area contributed by atoms with Crippen molar-refractivity contribution >= 4 is 29.4 Å². The molecule has 2 heterocycles. The number of carboxylic acid groups (broad SMARTS) is 1. The highest BCUT2D eigenvalue weighted by atomic mass is 32.2. The van der Waals surface area contributed by atoms with E-state index in [0.717, 1.165) is 11.3 Å². The van der Waals surface area contributed by atoms with Crippen LogP contribution in [0.25, 0.3) is 0 Å². The molecule has 1 aliphatic rings. The first-order valence-corrected chi connectivity index (χ1v) is 8.22. The fourth-order valence-corrected chi connectivity index (χ4v) is 2.74. The minimum Gasteiger partial charge on any atom is -0.477 e. The first-order chi connectivity index (χ1) is 11.0. The summed E-state index contributed by atoms with van der Waals surface area (Å²) in [5, 5.41) is 17.2. The summed E-state index contributed by atoms with van der Waals surface area (Å²) in [5.74, 6) is -0.573. The molecular formula is C15H17N5O2S. The molecule has 0 saturated carbocycles. The van der Waals surface area contributed by atoms with E-state index in [-0.39, 0.29) is 11.7 Å². The van der Waals surface area contributed by atoms with Crippen LogP contribution >= 0.6 is 11.8 Å². The van der Waals surface area contributed by atoms with Crippen LogP contribution in [-0.2, 0) is 4.79 Å². The molecule has 2 aromatic rings. The SMILES string of the molecule is CSc1nc2n(n1)C(c1ccc(N(C)C)cc1)C=C(C(=O)O)N2. The Kier molecular flexibility index (Phi) is 3.99. The zero-order valence-corrected chi connectivity index (χ0v) is 13.8. The van der Waals surface area contributed by atoms with E-state index >= 15 is 0 Å². The van der Waals surface area contributed by atoms with E-state index in [1.54, 1.807) is 10.8 Å². The zero-order chi connectivity index (χ0) is 16.6. The first-order valence-electron chi connectivity index (χ1n) is 6.99. The molecule has 8 heteroatoms. The molecule has 3 rings (SSSR count). The minimum absolute atomic E-state index is 0.110. The van der Waals surface area contributed by atoms with Gasteiger partial charge in [-0.15, -0.1) is 5.10 Å². The van der Waals surface area contributed by atoms with Crippen molar-refractivity contribution in [2.24, 2.45) is 0 Å². The number of anilines is 2. The van der Waals surface area contributed by atoms with Gasteiger partial charge in [0.05, 0.1) is 0 Å². The lowest BCUT2D eigenvalue weighted by Crippen LogP contribution is -2.24. The van der Waals surface area contributed by atoms with Gasteiger partial charge in [-0.2, -0.15) is 4.98 Å². The molecule has 1 atom stereocenters. The van der Waals surface area contributed by atoms with Crippen LogP contribution in [0.2, 0.25) is 0 Å². The van der Waals surface area contributed by atoms with Crippen molar-refractivity contribution in [3.8, 4) is 0 Å². The number of aromatic nitrogens is 3. The second-order valence-electron chi connectivity index (χ2n) is 5.31. The quantitative estimate of drug-likeness (QED) is 0.830. The molecule has 1 unspecified atom stereocenters. The van der Waals surface area contributed by atoms with Crippen molar-refractivity contribution in [1.29, 1.82) is 0 Å². The number of hydrogen-bond donors (Lipinski definition) is 2. The van der Waals surface area contributed by atoms with Crippen molar-refractivity contribution in [3.05, 3.63) is 41.6 Å². The Morgan fingerprint density at radius 3 is 2.61 bits per heavy atom. The Morgan fingerprint density at radius 1 is 1.35 bits per heavy atom. The Morgan fingerprint density at radius 2 is 2.04 bits per heavy atom. The van der Waals surface area contributed by atoms with E-state index in [0.29, 0.717) is 11.1 Å². The number of carboxylic acids is 1. The van der Waals surface area contributed by atoms with E-state index < -0.39 is 5.97 Å². The monoisotopic (exact) mass is 331 g/mol. The van der Waals surface area contributed by atoms with Gasteiger partial charge in [0, 0.05) is 19.8 Å². The molecule has 1 aliphatic heterocycles. The molecule has 1 aromatic heterocycles. The van der Waals surface area contributed by atoms with Gasteiger partial charge in [-0.3, -0.25) is 0 Å². The lowest BCUT2D eigenvalue weighted by Gasteiger charge is -2.23. The maximum absolute atomic E-state index is 11.4. The highest BCUT2D eigenvalue weighted by Gasteiger charge is 2.27. The fourth-order valence-electron chi connectivity index (χ4n) is 2.39. The molecule has 7 nitrogen and oxygen atoms in total. The normalized spacial score (nSPS) is 16.3. The number of allylic oxidation sites excluding steroid dienone is 1. The van der Waals surface area contributed by atoms with E-state index in [4.69, 9.17) is 0 Å². The number of nitrogens with one attached hydrogen (secondary N) is 1. The Bertz CT molecular complexity index is 767. The van der Waals surface area contributed by atoms with Crippen molar-refractivity contribution in [3.63, 3.8) is 0 Å². The van der Waals surface area contributed by atoms with Gasteiger partial charge in [0.25, 0.3) is 0 Å². The second-order valence-corrected chi connectivity index (χ2v) is 6.08. The summed E-state index contributed by atoms with van der Waals surface area (Å²) in [6.45, 7) is 0. The zero-order valence-electron chi connectivity index (χ0n) is 13.0. The molecular weight excluding hydrogens is 314 g/mol. The van der Waals surface area contributed by atoms with Crippen LogP contribution in [0.15, 0.2) is 41.2 Å². The van der Waals surface area contributed by atoms with Gasteiger partial charge in [0.1, 0.15) is 11.7 Å². The van der Waals surface area contributed by atoms with Crippen LogP contribution in [0.5, 0.6) is 0 Å². The Balaban J connectivity index is 2.05. The standard InChI is InChI=1S/C15H17N5O2S/c1-19(2)10-6-4-9(5-7-10)12-8-11(13(21)22)16-14-17-15(23-3)18-20(12)14/h4-8,12H,1-3H3,(H,21,22)(H,16,17,18). The van der Waals surface area contributed by atoms with Crippen molar-refractivity contribution in [1.82, 2.24) is 14.8 Å². The largest absolute Gasteiger partial charge is 0.477 e. The van der Waals surface area contributed by atoms with Crippen LogP contribution < -0.4 is 10.2 Å². The highest BCUT2D eigenvalue weighted by molar-refractivity contribution is 7.98. The summed E-state index contributed by atoms with van der Waals surface area (Å²) in [6.07, 6.45) is 3.53. The molecule has 23 heavy (non-hydrogen) atoms. The molecule has 0 saturated heterocycles. The van der Waals surface area contributed by atoms with E-state index in [1.165, 1.54) is 11.8 Å². The third-order valence-corrected chi connectivity index (χ3v) is 4.15. The van der Waals surface area contributed by atoms with Crippen LogP contribution in [0.3, 0.4) is 0 Å². The number of carbonyl (C=O) groups is 1. The van der Waals surface area contributed by atoms with Gasteiger partial charge in [-0.25, -0.2) is 9.48 Å². The lowest BCUT2D eigenvalue weighted by atomic mass is 10.0. The van der Waals surface area contributed by atoms with Gasteiger partial charge in [0.15, 0.2) is 0 Å². The lowest BCUT2D eigenvalue weighted by molar-refractivity contribution is -0.132. The van der Waals surface area contributed by atoms with Crippen molar-refractivity contribution in [2.45, 2.75) is 11.2 Å². The van der Waals surface area contributed by atoms with Crippen molar-refractivity contribution < 1.29 is 9.90 Å². The third-order valence-electron chi connectivity index (χ3n) is 3.61. The number of aliphatic carboxylic acids is 1. The number of nitrogens with zero attached hydrogens (tertiary/aromatic N) is 4. The Labute approximate surface area is 138 Å². The van der Waals surface area contributed by atoms with E-state index in [1.807, 2.05) is 49.5 Å². The molecule has 1 aromatic carbocycles. The molecule has 0 spiro atoms. The van der Waals surface area contributed by atoms with Crippen LogP contribution in [-0.4, -0.2) is 46.2 Å². The summed E-state index contributed by atoms with van der Waals surface area (Å²) in [5.41, 5.74) is 2.14. The Hall–Kier alpha value is -2.48. The van der Waals surface area contributed by atoms with Crippen LogP contribution in [0, 0.1) is 0 Å². The van der Waals surface area contributed by atoms with Gasteiger partial charge < -0.3 is 15.3 Å². The van der Waals surface area contributed by atoms with E-state index in [2.05, 4.69) is 15.4 Å². The molecule has 0 amide bonds. The van der Waals surface area contributed by atoms with Crippen LogP contribution in [0.1, 0.15) is 11.6 Å². The first kappa shape index (κ1) is 15.4. The molecule has 0 bridgehead atoms. The summed E-state index contributed by atoms with van der Waals surface area (Å²) < 4.78 is 1.71. The van der Waals surface area contributed by atoms with E-state index in [9.17, 15) is 9.90 Å². The second kappa shape index (κ2) is 5.96.